The molecule has 1 amide bonds. The number of ether oxygens (including phenoxy) is 5. The minimum absolute atomic E-state index is 0. The second kappa shape index (κ2) is 25.8. The molecule has 21 nitrogen and oxygen atoms in total. The van der Waals surface area contributed by atoms with Crippen molar-refractivity contribution in [2.75, 3.05) is 29.6 Å². The molecule has 74 heavy (non-hydrogen) atoms. The van der Waals surface area contributed by atoms with E-state index in [0.717, 1.165) is 28.5 Å². The third kappa shape index (κ3) is 14.9. The third-order valence-corrected chi connectivity index (χ3v) is 17.8. The summed E-state index contributed by atoms with van der Waals surface area (Å²) in [4.78, 5) is 68.9. The van der Waals surface area contributed by atoms with Crippen molar-refractivity contribution >= 4 is 71.6 Å². The first-order chi connectivity index (χ1) is 33.2. The molecule has 6 rings (SSSR count). The molecule has 400 valence electrons. The van der Waals surface area contributed by atoms with E-state index in [-0.39, 0.29) is 100 Å². The molecule has 2 bridgehead atoms. The molecule has 2 aromatic rings. The van der Waals surface area contributed by atoms with Gasteiger partial charge in [0.1, 0.15) is 35.6 Å². The van der Waals surface area contributed by atoms with Crippen LogP contribution in [-0.2, 0) is 58.3 Å². The fourth-order valence-corrected chi connectivity index (χ4v) is 14.3. The summed E-state index contributed by atoms with van der Waals surface area (Å²) in [5, 5.41) is 51.6. The number of carbonyl (C=O) groups is 5. The van der Waals surface area contributed by atoms with Gasteiger partial charge in [-0.25, -0.2) is 31.2 Å². The van der Waals surface area contributed by atoms with Gasteiger partial charge >= 0.3 is 83.1 Å². The molecule has 1 aliphatic heterocycles. The fourth-order valence-electron chi connectivity index (χ4n) is 9.95. The van der Waals surface area contributed by atoms with Gasteiger partial charge in [0, 0.05) is 48.2 Å². The summed E-state index contributed by atoms with van der Waals surface area (Å²) in [5.41, 5.74) is -8.14. The number of hydrogen-bond acceptors (Lipinski definition) is 22. The van der Waals surface area contributed by atoms with E-state index in [1.54, 1.807) is 83.1 Å². The molecule has 1 heterocycles. The summed E-state index contributed by atoms with van der Waals surface area (Å²) >= 11 is 0. The Morgan fingerprint density at radius 2 is 1.42 bits per heavy atom. The number of Topliss-reactive ketones (excluding diaryl/α,β-unsaturated/α-hetero) is 1. The molecule has 2 aromatic carbocycles. The number of fused-ring (bicyclic) bond motifs is 5. The molecule has 0 unspecified atom stereocenters. The van der Waals surface area contributed by atoms with Gasteiger partial charge < -0.3 is 58.5 Å². The van der Waals surface area contributed by atoms with E-state index in [4.69, 9.17) is 23.7 Å². The maximum Gasteiger partial charge on any atom is 1.00 e. The average molecular weight is 1130 g/mol. The van der Waals surface area contributed by atoms with Gasteiger partial charge in [-0.3, -0.25) is 9.59 Å². The molecule has 0 spiro atoms. The molecular weight excluding hydrogens is 1070 g/mol. The van der Waals surface area contributed by atoms with Crippen LogP contribution in [0.3, 0.4) is 0 Å². The molecule has 3 aliphatic carbocycles. The summed E-state index contributed by atoms with van der Waals surface area (Å²) in [5.74, 6) is -6.16. The number of aliphatic hydroxyl groups is 4. The molecule has 5 N–H and O–H groups in total. The Balaban J connectivity index is 0.000000789. The first-order valence-electron chi connectivity index (χ1n) is 22.7. The summed E-state index contributed by atoms with van der Waals surface area (Å²) in [6.07, 6.45) is -11.5. The van der Waals surface area contributed by atoms with Gasteiger partial charge in [-0.05, 0) is 63.5 Å². The number of nitrogens with one attached hydrogen (secondary N) is 1. The maximum absolute atomic E-state index is 14.9. The van der Waals surface area contributed by atoms with Crippen molar-refractivity contribution in [1.29, 1.82) is 0 Å². The fraction of sp³-hybridized carbons (Fsp3) is 0.596. The smallest absolute Gasteiger partial charge is 0.748 e. The van der Waals surface area contributed by atoms with Crippen LogP contribution >= 0.6 is 21.6 Å². The van der Waals surface area contributed by atoms with Crippen LogP contribution in [0.4, 0.5) is 4.79 Å². The van der Waals surface area contributed by atoms with E-state index < -0.39 is 144 Å². The zero-order valence-corrected chi connectivity index (χ0v) is 50.1. The first kappa shape index (κ1) is 66.1. The van der Waals surface area contributed by atoms with Crippen LogP contribution in [0, 0.1) is 16.7 Å². The SMILES string of the molecule is CC(=O)O[C@@]12CO[C@@H]1C[C@H](O)[C@@]1(C)C(=O)[C@H](O)C3=C(C)[C@@H](OC(=O)[C@H](O)[C@@H](NC(=O)OC(C)(C)C)c4ccccc4)C[C@@](O)([C@@H](OC(=O)c4ccccc4)[C@H]21)C3(C)C.O=S(=O)([O-])CCSSCCS(=O)(=O)[O-].[Na+].[Na+]. The maximum atomic E-state index is 14.9. The second-order valence-electron chi connectivity index (χ2n) is 19.7. The zero-order valence-electron chi connectivity index (χ0n) is 42.8. The number of aliphatic hydroxyl groups excluding tert-OH is 3. The number of ketones is 1. The quantitative estimate of drug-likeness (QED) is 0.0222. The molecule has 27 heteroatoms. The number of carbonyl (C=O) groups excluding carboxylic acids is 5. The van der Waals surface area contributed by atoms with Crippen LogP contribution in [0.15, 0.2) is 71.8 Å². The number of amides is 1. The van der Waals surface area contributed by atoms with Crippen molar-refractivity contribution in [3.8, 4) is 0 Å². The van der Waals surface area contributed by atoms with Crippen molar-refractivity contribution in [2.45, 2.75) is 128 Å². The van der Waals surface area contributed by atoms with Crippen molar-refractivity contribution in [3.05, 3.63) is 82.9 Å². The molecule has 0 aromatic heterocycles. The van der Waals surface area contributed by atoms with Crippen molar-refractivity contribution in [2.24, 2.45) is 16.7 Å². The Kier molecular flexibility index (Phi) is 23.0. The number of hydrogen-bond donors (Lipinski definition) is 5. The number of rotatable bonds is 15. The second-order valence-corrected chi connectivity index (χ2v) is 25.5. The molecule has 4 aliphatic rings. The summed E-state index contributed by atoms with van der Waals surface area (Å²) < 4.78 is 90.1. The van der Waals surface area contributed by atoms with Crippen molar-refractivity contribution in [3.63, 3.8) is 0 Å². The molecule has 2 saturated carbocycles. The summed E-state index contributed by atoms with van der Waals surface area (Å²) in [6, 6.07) is 14.6. The standard InChI is InChI=1S/C43H53NO14.C4H10O6S4.2Na/c1-22-26(55-37(51)32(48)30(24-15-11-9-12-16-24)44-38(52)58-39(3,4)5)20-43(53)35(56-36(50)25-17-13-10-14-18-25)33-41(8,34(49)31(47)29(22)40(43,6)7)27(46)19-28-42(33,21-54-28)57-23(2)45;5-13(6,7)3-1-11-12-2-4-14(8,9)10;;/h9-18,26-28,30-33,35,46-48,53H,19-21H2,1-8H3,(H,44,52);1-4H2,(H,5,6,7)(H,8,9,10);;/q;;2*+1/p-2/t26-,27-,28+,30-,31+,32+,33-,35-,41+,42-,43+;;;/m0.../s1. The van der Waals surface area contributed by atoms with E-state index in [1.165, 1.54) is 26.0 Å². The predicted octanol–water partition coefficient (Wildman–Crippen LogP) is -3.27. The van der Waals surface area contributed by atoms with Gasteiger partial charge in [-0.1, -0.05) is 84.0 Å². The normalized spacial score (nSPS) is 28.9. The van der Waals surface area contributed by atoms with E-state index in [1.807, 2.05) is 0 Å². The minimum atomic E-state index is -4.20. The Morgan fingerprint density at radius 1 is 0.892 bits per heavy atom. The molecule has 3 fully saturated rings. The Bertz CT molecular complexity index is 2570. The number of benzene rings is 2. The van der Waals surface area contributed by atoms with Crippen LogP contribution in [0.2, 0.25) is 0 Å². The van der Waals surface area contributed by atoms with Gasteiger partial charge in [0.2, 0.25) is 0 Å². The van der Waals surface area contributed by atoms with Crippen molar-refractivity contribution < 1.29 is 153 Å². The first-order valence-corrected chi connectivity index (χ1v) is 28.3. The average Bonchev–Trinajstić information content (AvgIpc) is 3.27. The third-order valence-electron chi connectivity index (χ3n) is 13.5. The summed E-state index contributed by atoms with van der Waals surface area (Å²) in [6.45, 7) is 11.8. The van der Waals surface area contributed by atoms with Crippen LogP contribution in [-0.4, -0.2) is 159 Å². The molecule has 11 atom stereocenters. The molecular formula is C47H61NNa2O20S4. The van der Waals surface area contributed by atoms with E-state index >= 15 is 0 Å². The van der Waals surface area contributed by atoms with Crippen LogP contribution < -0.4 is 64.4 Å². The number of alkyl carbamates (subject to hydrolysis) is 1. The van der Waals surface area contributed by atoms with Crippen LogP contribution in [0.25, 0.3) is 0 Å². The minimum Gasteiger partial charge on any atom is -0.748 e. The van der Waals surface area contributed by atoms with Gasteiger partial charge in [0.05, 0.1) is 55.9 Å². The van der Waals surface area contributed by atoms with Gasteiger partial charge in [-0.2, -0.15) is 0 Å². The van der Waals surface area contributed by atoms with Gasteiger partial charge in [0.15, 0.2) is 17.5 Å². The topological polar surface area (TPSA) is 339 Å². The van der Waals surface area contributed by atoms with Crippen molar-refractivity contribution in [1.82, 2.24) is 5.32 Å². The number of esters is 3. The molecule has 1 saturated heterocycles. The van der Waals surface area contributed by atoms with E-state index in [0.29, 0.717) is 5.56 Å². The van der Waals surface area contributed by atoms with Crippen LogP contribution in [0.1, 0.15) is 90.2 Å². The molecule has 0 radical (unpaired) electrons. The zero-order chi connectivity index (χ0) is 54.0. The Labute approximate surface area is 482 Å². The summed E-state index contributed by atoms with van der Waals surface area (Å²) in [7, 11) is -6.30. The Morgan fingerprint density at radius 3 is 1.89 bits per heavy atom. The van der Waals surface area contributed by atoms with Gasteiger partial charge in [0.25, 0.3) is 0 Å². The predicted molar refractivity (Wildman–Crippen MR) is 258 cm³/mol. The van der Waals surface area contributed by atoms with E-state index in [2.05, 4.69) is 5.32 Å². The largest absolute Gasteiger partial charge is 1.00 e. The Hall–Kier alpha value is -2.15. The van der Waals surface area contributed by atoms with E-state index in [9.17, 15) is 70.3 Å². The monoisotopic (exact) mass is 1130 g/mol. The van der Waals surface area contributed by atoms with Crippen LogP contribution in [0.5, 0.6) is 0 Å². The van der Waals surface area contributed by atoms with Gasteiger partial charge in [-0.15, -0.1) is 0 Å².